The van der Waals surface area contributed by atoms with E-state index >= 15 is 0 Å². The molecule has 1 unspecified atom stereocenters. The van der Waals surface area contributed by atoms with Gasteiger partial charge in [0.05, 0.1) is 23.9 Å². The van der Waals surface area contributed by atoms with Gasteiger partial charge >= 0.3 is 0 Å². The summed E-state index contributed by atoms with van der Waals surface area (Å²) in [4.78, 5) is 13.3. The van der Waals surface area contributed by atoms with Gasteiger partial charge in [-0.05, 0) is 35.6 Å². The summed E-state index contributed by atoms with van der Waals surface area (Å²) < 4.78 is 5.24. The molecular weight excluding hydrogens is 272 g/mol. The Labute approximate surface area is 121 Å². The van der Waals surface area contributed by atoms with Crippen molar-refractivity contribution in [3.8, 4) is 10.4 Å². The molecule has 5 heteroatoms. The first-order valence-electron chi connectivity index (χ1n) is 6.56. The molecule has 0 spiro atoms. The van der Waals surface area contributed by atoms with Crippen LogP contribution in [0, 0.1) is 5.92 Å². The second-order valence-corrected chi connectivity index (χ2v) is 5.78. The Bertz CT molecular complexity index is 604. The quantitative estimate of drug-likeness (QED) is 0.853. The summed E-state index contributed by atoms with van der Waals surface area (Å²) in [5.74, 6) is -0.0858. The van der Waals surface area contributed by atoms with E-state index < -0.39 is 0 Å². The molecule has 1 fully saturated rings. The lowest BCUT2D eigenvalue weighted by molar-refractivity contribution is -0.119. The second kappa shape index (κ2) is 5.64. The van der Waals surface area contributed by atoms with Crippen molar-refractivity contribution in [2.45, 2.75) is 6.42 Å². The molecular formula is C15H16N2O2S. The number of rotatable bonds is 3. The van der Waals surface area contributed by atoms with E-state index in [9.17, 15) is 4.79 Å². The highest BCUT2D eigenvalue weighted by molar-refractivity contribution is 7.13. The van der Waals surface area contributed by atoms with Crippen molar-refractivity contribution in [2.75, 3.05) is 24.3 Å². The van der Waals surface area contributed by atoms with Gasteiger partial charge < -0.3 is 15.8 Å². The lowest BCUT2D eigenvalue weighted by Crippen LogP contribution is -2.23. The van der Waals surface area contributed by atoms with Gasteiger partial charge in [0, 0.05) is 11.5 Å². The summed E-state index contributed by atoms with van der Waals surface area (Å²) in [5, 5.41) is 4.94. The van der Waals surface area contributed by atoms with Gasteiger partial charge in [0.2, 0.25) is 5.91 Å². The number of carbonyl (C=O) groups excluding carboxylic acids is 1. The third-order valence-corrected chi connectivity index (χ3v) is 4.34. The number of nitrogens with two attached hydrogens (primary N) is 1. The van der Waals surface area contributed by atoms with E-state index in [-0.39, 0.29) is 11.8 Å². The molecule has 0 saturated carbocycles. The van der Waals surface area contributed by atoms with Crippen molar-refractivity contribution >= 4 is 28.6 Å². The van der Waals surface area contributed by atoms with Crippen molar-refractivity contribution in [2.24, 2.45) is 5.92 Å². The van der Waals surface area contributed by atoms with E-state index in [0.717, 1.165) is 16.9 Å². The zero-order valence-corrected chi connectivity index (χ0v) is 11.8. The summed E-state index contributed by atoms with van der Waals surface area (Å²) in [7, 11) is 0. The van der Waals surface area contributed by atoms with Crippen LogP contribution in [0.15, 0.2) is 35.7 Å². The highest BCUT2D eigenvalue weighted by Gasteiger charge is 2.24. The van der Waals surface area contributed by atoms with Gasteiger partial charge in [-0.25, -0.2) is 0 Å². The minimum atomic E-state index is -0.0696. The number of amides is 1. The van der Waals surface area contributed by atoms with E-state index in [0.29, 0.717) is 24.6 Å². The number of carbonyl (C=O) groups is 1. The molecule has 4 nitrogen and oxygen atoms in total. The predicted molar refractivity (Wildman–Crippen MR) is 81.7 cm³/mol. The Hall–Kier alpha value is -1.85. The molecule has 1 atom stereocenters. The maximum absolute atomic E-state index is 12.1. The van der Waals surface area contributed by atoms with Crippen LogP contribution in [0.25, 0.3) is 10.4 Å². The fourth-order valence-electron chi connectivity index (χ4n) is 2.24. The summed E-state index contributed by atoms with van der Waals surface area (Å²) in [6, 6.07) is 9.78. The molecule has 104 valence electrons. The number of nitrogens with one attached hydrogen (secondary N) is 1. The monoisotopic (exact) mass is 288 g/mol. The van der Waals surface area contributed by atoms with Crippen molar-refractivity contribution in [3.05, 3.63) is 35.7 Å². The number of anilines is 2. The predicted octanol–water partition coefficient (Wildman–Crippen LogP) is 2.97. The number of ether oxygens (including phenoxy) is 1. The lowest BCUT2D eigenvalue weighted by atomic mass is 10.1. The molecule has 1 aromatic heterocycles. The van der Waals surface area contributed by atoms with Crippen LogP contribution in [0.1, 0.15) is 6.42 Å². The maximum atomic E-state index is 12.1. The van der Waals surface area contributed by atoms with Gasteiger partial charge in [0.25, 0.3) is 0 Å². The number of hydrogen-bond donors (Lipinski definition) is 2. The number of nitrogen functional groups attached to an aromatic ring is 1. The molecule has 1 aliphatic rings. The molecule has 0 aliphatic carbocycles. The van der Waals surface area contributed by atoms with Crippen LogP contribution in [-0.2, 0) is 9.53 Å². The Morgan fingerprint density at radius 1 is 1.40 bits per heavy atom. The first-order valence-corrected chi connectivity index (χ1v) is 7.44. The second-order valence-electron chi connectivity index (χ2n) is 4.83. The van der Waals surface area contributed by atoms with Crippen LogP contribution in [0.5, 0.6) is 0 Å². The molecule has 1 saturated heterocycles. The molecule has 20 heavy (non-hydrogen) atoms. The Morgan fingerprint density at radius 2 is 2.30 bits per heavy atom. The first kappa shape index (κ1) is 13.1. The van der Waals surface area contributed by atoms with Gasteiger partial charge in [0.15, 0.2) is 0 Å². The van der Waals surface area contributed by atoms with Crippen LogP contribution in [0.4, 0.5) is 11.4 Å². The molecule has 2 aromatic rings. The topological polar surface area (TPSA) is 64.3 Å². The summed E-state index contributed by atoms with van der Waals surface area (Å²) >= 11 is 1.66. The molecule has 1 amide bonds. The summed E-state index contributed by atoms with van der Waals surface area (Å²) in [6.45, 7) is 1.15. The molecule has 3 rings (SSSR count). The molecule has 0 bridgehead atoms. The molecule has 1 aliphatic heterocycles. The van der Waals surface area contributed by atoms with Crippen LogP contribution in [0.2, 0.25) is 0 Å². The van der Waals surface area contributed by atoms with E-state index in [1.54, 1.807) is 11.3 Å². The number of thiophene rings is 1. The molecule has 2 heterocycles. The maximum Gasteiger partial charge on any atom is 0.229 e. The van der Waals surface area contributed by atoms with Crippen molar-refractivity contribution in [1.29, 1.82) is 0 Å². The fourth-order valence-corrected chi connectivity index (χ4v) is 2.96. The first-order chi connectivity index (χ1) is 9.74. The third kappa shape index (κ3) is 2.69. The minimum absolute atomic E-state index is 0.0162. The Morgan fingerprint density at radius 3 is 3.00 bits per heavy atom. The van der Waals surface area contributed by atoms with Crippen molar-refractivity contribution in [3.63, 3.8) is 0 Å². The summed E-state index contributed by atoms with van der Waals surface area (Å²) in [5.41, 5.74) is 8.26. The normalized spacial score (nSPS) is 18.1. The van der Waals surface area contributed by atoms with Gasteiger partial charge in [-0.2, -0.15) is 0 Å². The molecule has 1 aromatic carbocycles. The highest BCUT2D eigenvalue weighted by atomic mass is 32.1. The average Bonchev–Trinajstić information content (AvgIpc) is 3.14. The lowest BCUT2D eigenvalue weighted by Gasteiger charge is -2.12. The number of hydrogen-bond acceptors (Lipinski definition) is 4. The number of benzene rings is 1. The molecule has 0 radical (unpaired) electrons. The van der Waals surface area contributed by atoms with Gasteiger partial charge in [-0.15, -0.1) is 11.3 Å². The zero-order chi connectivity index (χ0) is 13.9. The largest absolute Gasteiger partial charge is 0.397 e. The van der Waals surface area contributed by atoms with Crippen LogP contribution >= 0.6 is 11.3 Å². The summed E-state index contributed by atoms with van der Waals surface area (Å²) in [6.07, 6.45) is 0.774. The van der Waals surface area contributed by atoms with E-state index in [4.69, 9.17) is 10.5 Å². The van der Waals surface area contributed by atoms with Crippen molar-refractivity contribution < 1.29 is 9.53 Å². The van der Waals surface area contributed by atoms with Gasteiger partial charge in [-0.3, -0.25) is 4.79 Å². The van der Waals surface area contributed by atoms with E-state index in [2.05, 4.69) is 5.32 Å². The van der Waals surface area contributed by atoms with Crippen LogP contribution < -0.4 is 11.1 Å². The van der Waals surface area contributed by atoms with E-state index in [1.807, 2.05) is 35.7 Å². The fraction of sp³-hybridized carbons (Fsp3) is 0.267. The highest BCUT2D eigenvalue weighted by Crippen LogP contribution is 2.30. The average molecular weight is 288 g/mol. The molecule has 3 N–H and O–H groups in total. The van der Waals surface area contributed by atoms with E-state index in [1.165, 1.54) is 0 Å². The van der Waals surface area contributed by atoms with Crippen LogP contribution in [-0.4, -0.2) is 19.1 Å². The Balaban J connectivity index is 1.81. The third-order valence-electron chi connectivity index (χ3n) is 3.42. The standard InChI is InChI=1S/C15H16N2O2S/c16-12-4-3-10(14-2-1-7-20-14)8-13(12)17-15(18)11-5-6-19-9-11/h1-4,7-8,11H,5-6,9,16H2,(H,17,18). The smallest absolute Gasteiger partial charge is 0.229 e. The Kier molecular flexibility index (Phi) is 3.71. The SMILES string of the molecule is Nc1ccc(-c2cccs2)cc1NC(=O)C1CCOC1. The van der Waals surface area contributed by atoms with Gasteiger partial charge in [-0.1, -0.05) is 12.1 Å². The zero-order valence-electron chi connectivity index (χ0n) is 11.0. The minimum Gasteiger partial charge on any atom is -0.397 e. The van der Waals surface area contributed by atoms with Crippen LogP contribution in [0.3, 0.4) is 0 Å². The van der Waals surface area contributed by atoms with Crippen molar-refractivity contribution in [1.82, 2.24) is 0 Å². The van der Waals surface area contributed by atoms with Gasteiger partial charge in [0.1, 0.15) is 0 Å².